The lowest BCUT2D eigenvalue weighted by Gasteiger charge is -2.41. The van der Waals surface area contributed by atoms with E-state index in [4.69, 9.17) is 14.2 Å². The molecule has 0 bridgehead atoms. The van der Waals surface area contributed by atoms with Crippen molar-refractivity contribution in [2.45, 2.75) is 102 Å². The van der Waals surface area contributed by atoms with Gasteiger partial charge in [0.2, 0.25) is 0 Å². The standard InChI is InChI=1S/C30H49N3O5/c1-30(2,37-4)22-12-14-26(36-3)25(19-22)27(29(34)35)33-17-15-24(20-33)38-18-7-5-6-10-23-13-11-21-9-8-16-31-28(21)32-23/h12,14,19,21,23-24,27-28,31-32H,5-11,13,15-18,20H2,1-4H3,(H,34,35)/t21?,23?,24-,27?,28?/m1/s1. The number of benzene rings is 1. The Morgan fingerprint density at radius 3 is 2.76 bits per heavy atom. The van der Waals surface area contributed by atoms with Gasteiger partial charge in [0.1, 0.15) is 11.8 Å². The molecule has 0 spiro atoms. The molecule has 0 amide bonds. The molecular formula is C30H49N3O5. The normalized spacial score (nSPS) is 27.2. The van der Waals surface area contributed by atoms with Crippen LogP contribution in [0.5, 0.6) is 5.75 Å². The van der Waals surface area contributed by atoms with Crippen LogP contribution in [-0.4, -0.2) is 74.7 Å². The van der Waals surface area contributed by atoms with E-state index in [0.717, 1.165) is 37.5 Å². The lowest BCUT2D eigenvalue weighted by molar-refractivity contribution is -0.143. The van der Waals surface area contributed by atoms with Crippen LogP contribution in [0.1, 0.15) is 88.8 Å². The van der Waals surface area contributed by atoms with E-state index in [0.29, 0.717) is 36.6 Å². The number of nitrogens with one attached hydrogen (secondary N) is 2. The van der Waals surface area contributed by atoms with Crippen LogP contribution in [-0.2, 0) is 19.9 Å². The second-order valence-corrected chi connectivity index (χ2v) is 11.8. The predicted molar refractivity (Wildman–Crippen MR) is 148 cm³/mol. The summed E-state index contributed by atoms with van der Waals surface area (Å²) in [6.07, 6.45) is 11.5. The Balaban J connectivity index is 1.22. The monoisotopic (exact) mass is 531 g/mol. The van der Waals surface area contributed by atoms with Crippen LogP contribution >= 0.6 is 0 Å². The Hall–Kier alpha value is -1.71. The average Bonchev–Trinajstić information content (AvgIpc) is 3.38. The van der Waals surface area contributed by atoms with Gasteiger partial charge in [-0.25, -0.2) is 0 Å². The van der Waals surface area contributed by atoms with Crippen molar-refractivity contribution in [3.63, 3.8) is 0 Å². The number of rotatable bonds is 13. The molecule has 8 nitrogen and oxygen atoms in total. The molecule has 3 fully saturated rings. The Morgan fingerprint density at radius 2 is 2.00 bits per heavy atom. The molecule has 0 radical (unpaired) electrons. The van der Waals surface area contributed by atoms with Crippen molar-refractivity contribution >= 4 is 5.97 Å². The molecule has 1 aromatic carbocycles. The lowest BCUT2D eigenvalue weighted by Crippen LogP contribution is -2.57. The molecule has 3 aliphatic heterocycles. The number of carboxylic acid groups (broad SMARTS) is 1. The van der Waals surface area contributed by atoms with Crippen molar-refractivity contribution in [2.75, 3.05) is 40.5 Å². The van der Waals surface area contributed by atoms with Gasteiger partial charge in [-0.15, -0.1) is 0 Å². The maximum Gasteiger partial charge on any atom is 0.325 e. The summed E-state index contributed by atoms with van der Waals surface area (Å²) in [6, 6.07) is 5.56. The van der Waals surface area contributed by atoms with Crippen LogP contribution in [0.25, 0.3) is 0 Å². The number of fused-ring (bicyclic) bond motifs is 1. The number of aliphatic carboxylic acids is 1. The van der Waals surface area contributed by atoms with Gasteiger partial charge in [0, 0.05) is 38.4 Å². The number of piperidine rings is 2. The van der Waals surface area contributed by atoms with Gasteiger partial charge in [0.25, 0.3) is 0 Å². The first kappa shape index (κ1) is 29.3. The average molecular weight is 532 g/mol. The van der Waals surface area contributed by atoms with E-state index >= 15 is 0 Å². The summed E-state index contributed by atoms with van der Waals surface area (Å²) in [7, 11) is 3.25. The molecule has 214 valence electrons. The lowest BCUT2D eigenvalue weighted by atomic mass is 9.84. The molecule has 3 N–H and O–H groups in total. The first-order valence-corrected chi connectivity index (χ1v) is 14.6. The maximum absolute atomic E-state index is 12.5. The van der Waals surface area contributed by atoms with Gasteiger partial charge in [0.15, 0.2) is 0 Å². The van der Waals surface area contributed by atoms with Gasteiger partial charge in [-0.2, -0.15) is 0 Å². The van der Waals surface area contributed by atoms with Crippen LogP contribution < -0.4 is 15.4 Å². The molecule has 0 aliphatic carbocycles. The van der Waals surface area contributed by atoms with Gasteiger partial charge in [-0.05, 0) is 89.0 Å². The molecule has 3 heterocycles. The zero-order chi connectivity index (χ0) is 27.1. The topological polar surface area (TPSA) is 92.3 Å². The fourth-order valence-electron chi connectivity index (χ4n) is 6.41. The summed E-state index contributed by atoms with van der Waals surface area (Å²) in [6.45, 7) is 7.13. The fraction of sp³-hybridized carbons (Fsp3) is 0.767. The first-order valence-electron chi connectivity index (χ1n) is 14.6. The number of hydrogen-bond acceptors (Lipinski definition) is 7. The predicted octanol–water partition coefficient (Wildman–Crippen LogP) is 4.43. The van der Waals surface area contributed by atoms with Crippen LogP contribution in [0.2, 0.25) is 0 Å². The van der Waals surface area contributed by atoms with E-state index in [-0.39, 0.29) is 6.10 Å². The van der Waals surface area contributed by atoms with E-state index in [1.807, 2.05) is 36.9 Å². The van der Waals surface area contributed by atoms with Gasteiger partial charge < -0.3 is 24.6 Å². The number of likely N-dealkylation sites (tertiary alicyclic amines) is 1. The zero-order valence-electron chi connectivity index (χ0n) is 23.8. The first-order chi connectivity index (χ1) is 18.3. The number of nitrogens with zero attached hydrogens (tertiary/aromatic N) is 1. The minimum Gasteiger partial charge on any atom is -0.496 e. The molecule has 3 saturated heterocycles. The van der Waals surface area contributed by atoms with Crippen LogP contribution in [0.3, 0.4) is 0 Å². The molecule has 4 rings (SSSR count). The van der Waals surface area contributed by atoms with E-state index < -0.39 is 17.6 Å². The molecule has 4 unspecified atom stereocenters. The number of methoxy groups -OCH3 is 2. The van der Waals surface area contributed by atoms with Gasteiger partial charge in [-0.1, -0.05) is 18.9 Å². The minimum atomic E-state index is -0.873. The number of ether oxygens (including phenoxy) is 3. The maximum atomic E-state index is 12.5. The number of carboxylic acids is 1. The molecule has 1 aromatic rings. The Bertz CT molecular complexity index is 910. The number of carbonyl (C=O) groups is 1. The smallest absolute Gasteiger partial charge is 0.325 e. The van der Waals surface area contributed by atoms with Crippen molar-refractivity contribution in [3.8, 4) is 5.75 Å². The molecule has 5 atom stereocenters. The van der Waals surface area contributed by atoms with Crippen molar-refractivity contribution in [2.24, 2.45) is 5.92 Å². The second kappa shape index (κ2) is 13.6. The summed E-state index contributed by atoms with van der Waals surface area (Å²) in [4.78, 5) is 14.5. The Kier molecular flexibility index (Phi) is 10.5. The summed E-state index contributed by atoms with van der Waals surface area (Å²) < 4.78 is 17.4. The molecule has 8 heteroatoms. The third-order valence-corrected chi connectivity index (χ3v) is 8.94. The quantitative estimate of drug-likeness (QED) is 0.322. The Morgan fingerprint density at radius 1 is 1.16 bits per heavy atom. The van der Waals surface area contributed by atoms with Crippen LogP contribution in [0.4, 0.5) is 0 Å². The van der Waals surface area contributed by atoms with E-state index in [2.05, 4.69) is 10.6 Å². The summed E-state index contributed by atoms with van der Waals surface area (Å²) >= 11 is 0. The SMILES string of the molecule is COc1ccc(C(C)(C)OC)cc1C(C(=O)O)N1CC[C@@H](OCCCCCC2CCC3CCCNC3N2)C1. The molecule has 38 heavy (non-hydrogen) atoms. The van der Waals surface area contributed by atoms with Crippen molar-refractivity contribution in [3.05, 3.63) is 29.3 Å². The molecular weight excluding hydrogens is 482 g/mol. The van der Waals surface area contributed by atoms with Gasteiger partial charge >= 0.3 is 5.97 Å². The highest BCUT2D eigenvalue weighted by Gasteiger charge is 2.37. The molecule has 0 saturated carbocycles. The largest absolute Gasteiger partial charge is 0.496 e. The van der Waals surface area contributed by atoms with Gasteiger partial charge in [0.05, 0.1) is 25.0 Å². The second-order valence-electron chi connectivity index (χ2n) is 11.8. The highest BCUT2D eigenvalue weighted by atomic mass is 16.5. The zero-order valence-corrected chi connectivity index (χ0v) is 23.8. The van der Waals surface area contributed by atoms with Crippen molar-refractivity contribution in [1.82, 2.24) is 15.5 Å². The fourth-order valence-corrected chi connectivity index (χ4v) is 6.41. The minimum absolute atomic E-state index is 0.0655. The highest BCUT2D eigenvalue weighted by molar-refractivity contribution is 5.77. The van der Waals surface area contributed by atoms with Crippen molar-refractivity contribution in [1.29, 1.82) is 0 Å². The summed E-state index contributed by atoms with van der Waals surface area (Å²) in [5.74, 6) is 0.532. The Labute approximate surface area is 228 Å². The van der Waals surface area contributed by atoms with Crippen LogP contribution in [0.15, 0.2) is 18.2 Å². The van der Waals surface area contributed by atoms with Crippen LogP contribution in [0, 0.1) is 5.92 Å². The third kappa shape index (κ3) is 7.27. The highest BCUT2D eigenvalue weighted by Crippen LogP contribution is 2.36. The van der Waals surface area contributed by atoms with E-state index in [1.54, 1.807) is 14.2 Å². The summed E-state index contributed by atoms with van der Waals surface area (Å²) in [5.41, 5.74) is 1.06. The third-order valence-electron chi connectivity index (χ3n) is 8.94. The van der Waals surface area contributed by atoms with Gasteiger partial charge in [-0.3, -0.25) is 15.0 Å². The van der Waals surface area contributed by atoms with E-state index in [1.165, 1.54) is 44.9 Å². The molecule has 0 aromatic heterocycles. The molecule has 3 aliphatic rings. The van der Waals surface area contributed by atoms with E-state index in [9.17, 15) is 9.90 Å². The van der Waals surface area contributed by atoms with Crippen molar-refractivity contribution < 1.29 is 24.1 Å². The summed E-state index contributed by atoms with van der Waals surface area (Å²) in [5, 5.41) is 17.7. The number of unbranched alkanes of at least 4 members (excludes halogenated alkanes) is 2. The number of hydrogen-bond donors (Lipinski definition) is 3.